The van der Waals surface area contributed by atoms with Crippen molar-refractivity contribution < 1.29 is 17.7 Å². The number of nitrogens with zero attached hydrogens (tertiary/aromatic N) is 3. The Morgan fingerprint density at radius 1 is 1.21 bits per heavy atom. The Balaban J connectivity index is 0.00000225. The Kier molecular flexibility index (Phi) is 6.59. The number of rotatable bonds is 4. The third-order valence-electron chi connectivity index (χ3n) is 5.33. The lowest BCUT2D eigenvalue weighted by molar-refractivity contribution is -0.137. The van der Waals surface area contributed by atoms with Crippen molar-refractivity contribution >= 4 is 39.3 Å². The first-order valence-electron chi connectivity index (χ1n) is 9.35. The monoisotopic (exact) mass is 428 g/mol. The number of aromatic nitrogens is 1. The third kappa shape index (κ3) is 4.32. The van der Waals surface area contributed by atoms with Gasteiger partial charge in [0.25, 0.3) is 0 Å². The van der Waals surface area contributed by atoms with E-state index in [-0.39, 0.29) is 36.5 Å². The second-order valence-corrected chi connectivity index (χ2v) is 9.12. The summed E-state index contributed by atoms with van der Waals surface area (Å²) < 4.78 is 32.6. The summed E-state index contributed by atoms with van der Waals surface area (Å²) in [6.45, 7) is 3.66. The van der Waals surface area contributed by atoms with Gasteiger partial charge in [-0.25, -0.2) is 12.7 Å². The number of hydrogen-bond acceptors (Lipinski definition) is 6. The Hall–Kier alpha value is -1.68. The number of carbonyl (C=O) groups is 1. The van der Waals surface area contributed by atoms with Crippen molar-refractivity contribution in [3.05, 3.63) is 30.0 Å². The molecule has 154 valence electrons. The van der Waals surface area contributed by atoms with Crippen molar-refractivity contribution in [2.45, 2.75) is 18.6 Å². The maximum Gasteiger partial charge on any atom is 0.227 e. The molecule has 4 rings (SSSR count). The molecule has 2 aromatic rings. The molecular weight excluding hydrogens is 404 g/mol. The van der Waals surface area contributed by atoms with Gasteiger partial charge in [0, 0.05) is 44.7 Å². The van der Waals surface area contributed by atoms with Crippen LogP contribution >= 0.6 is 12.4 Å². The molecule has 0 saturated carbocycles. The van der Waals surface area contributed by atoms with E-state index in [2.05, 4.69) is 10.5 Å². The maximum atomic E-state index is 13.0. The van der Waals surface area contributed by atoms with Crippen molar-refractivity contribution in [2.24, 2.45) is 5.92 Å². The number of carbonyl (C=O) groups excluding carboxylic acids is 1. The van der Waals surface area contributed by atoms with Gasteiger partial charge in [0.2, 0.25) is 15.9 Å². The molecule has 0 spiro atoms. The number of piperazine rings is 1. The lowest BCUT2D eigenvalue weighted by Crippen LogP contribution is -2.52. The van der Waals surface area contributed by atoms with Crippen LogP contribution in [-0.4, -0.2) is 68.0 Å². The largest absolute Gasteiger partial charge is 0.356 e. The van der Waals surface area contributed by atoms with E-state index in [1.165, 1.54) is 4.31 Å². The number of hydrogen-bond donors (Lipinski definition) is 1. The minimum Gasteiger partial charge on any atom is -0.356 e. The maximum absolute atomic E-state index is 13.0. The van der Waals surface area contributed by atoms with Gasteiger partial charge in [0.1, 0.15) is 11.4 Å². The Morgan fingerprint density at radius 2 is 1.96 bits per heavy atom. The normalized spacial score (nSPS) is 21.4. The summed E-state index contributed by atoms with van der Waals surface area (Å²) in [5, 5.41) is 7.88. The van der Waals surface area contributed by atoms with Crippen LogP contribution < -0.4 is 5.32 Å². The predicted octanol–water partition coefficient (Wildman–Crippen LogP) is 1.22. The van der Waals surface area contributed by atoms with Gasteiger partial charge in [0.05, 0.1) is 5.92 Å². The molecule has 0 bridgehead atoms. The van der Waals surface area contributed by atoms with Gasteiger partial charge in [-0.05, 0) is 25.0 Å². The summed E-state index contributed by atoms with van der Waals surface area (Å²) in [4.78, 5) is 14.6. The number of nitrogens with one attached hydrogen (secondary N) is 1. The van der Waals surface area contributed by atoms with Crippen molar-refractivity contribution in [3.8, 4) is 0 Å². The molecule has 1 aromatic carbocycles. The van der Waals surface area contributed by atoms with E-state index in [1.807, 2.05) is 23.1 Å². The van der Waals surface area contributed by atoms with Crippen LogP contribution in [0.4, 0.5) is 0 Å². The molecule has 2 aliphatic rings. The minimum atomic E-state index is -3.57. The van der Waals surface area contributed by atoms with Crippen LogP contribution in [-0.2, 0) is 20.6 Å². The molecular formula is C18H25ClN4O4S. The van der Waals surface area contributed by atoms with Crippen LogP contribution in [0.15, 0.2) is 28.8 Å². The molecule has 8 nitrogen and oxygen atoms in total. The van der Waals surface area contributed by atoms with Crippen molar-refractivity contribution in [1.29, 1.82) is 0 Å². The molecule has 1 atom stereocenters. The second kappa shape index (κ2) is 8.77. The number of amides is 1. The van der Waals surface area contributed by atoms with Crippen LogP contribution in [0.2, 0.25) is 0 Å². The number of sulfonamides is 1. The molecule has 2 saturated heterocycles. The Bertz CT molecular complexity index is 927. The number of fused-ring (bicyclic) bond motifs is 1. The molecule has 3 heterocycles. The Morgan fingerprint density at radius 3 is 2.75 bits per heavy atom. The van der Waals surface area contributed by atoms with Gasteiger partial charge in [-0.1, -0.05) is 17.3 Å². The summed E-state index contributed by atoms with van der Waals surface area (Å²) in [5.41, 5.74) is 0.995. The highest BCUT2D eigenvalue weighted by Gasteiger charge is 2.35. The average molecular weight is 429 g/mol. The van der Waals surface area contributed by atoms with Crippen molar-refractivity contribution in [2.75, 3.05) is 39.3 Å². The first kappa shape index (κ1) is 21.0. The third-order valence-corrected chi connectivity index (χ3v) is 7.08. The van der Waals surface area contributed by atoms with Gasteiger partial charge in [-0.15, -0.1) is 12.4 Å². The molecule has 2 aliphatic heterocycles. The Labute approximate surface area is 170 Å². The molecule has 1 aromatic heterocycles. The minimum absolute atomic E-state index is 0. The van der Waals surface area contributed by atoms with E-state index < -0.39 is 10.0 Å². The molecule has 1 N–H and O–H groups in total. The van der Waals surface area contributed by atoms with E-state index >= 15 is 0 Å². The summed E-state index contributed by atoms with van der Waals surface area (Å²) in [6, 6.07) is 7.23. The molecule has 2 fully saturated rings. The molecule has 0 radical (unpaired) electrons. The first-order valence-corrected chi connectivity index (χ1v) is 11.0. The fraction of sp³-hybridized carbons (Fsp3) is 0.556. The molecule has 1 unspecified atom stereocenters. The zero-order chi connectivity index (χ0) is 18.9. The zero-order valence-electron chi connectivity index (χ0n) is 15.5. The molecule has 10 heteroatoms. The standard InChI is InChI=1S/C18H24N4O4S.ClH/c23-18(21-10-7-19-8-11-21)14-4-3-9-22(12-14)27(24,25)13-16-15-5-1-2-6-17(15)26-20-16;/h1-2,5-6,14,19H,3-4,7-13H2;1H. The van der Waals surface area contributed by atoms with Gasteiger partial charge >= 0.3 is 0 Å². The van der Waals surface area contributed by atoms with Gasteiger partial charge in [-0.2, -0.15) is 0 Å². The van der Waals surface area contributed by atoms with E-state index in [1.54, 1.807) is 6.07 Å². The number of para-hydroxylation sites is 1. The number of halogens is 1. The summed E-state index contributed by atoms with van der Waals surface area (Å²) in [6.07, 6.45) is 1.43. The van der Waals surface area contributed by atoms with Crippen molar-refractivity contribution in [3.63, 3.8) is 0 Å². The highest BCUT2D eigenvalue weighted by Crippen LogP contribution is 2.25. The van der Waals surface area contributed by atoms with Crippen LogP contribution in [0.25, 0.3) is 11.0 Å². The van der Waals surface area contributed by atoms with Crippen LogP contribution in [0.1, 0.15) is 18.5 Å². The zero-order valence-corrected chi connectivity index (χ0v) is 17.2. The average Bonchev–Trinajstić information content (AvgIpc) is 3.10. The topological polar surface area (TPSA) is 95.8 Å². The lowest BCUT2D eigenvalue weighted by Gasteiger charge is -2.35. The fourth-order valence-electron chi connectivity index (χ4n) is 3.85. The molecule has 0 aliphatic carbocycles. The highest BCUT2D eigenvalue weighted by molar-refractivity contribution is 7.88. The number of piperidine rings is 1. The van der Waals surface area contributed by atoms with E-state index in [9.17, 15) is 13.2 Å². The fourth-order valence-corrected chi connectivity index (χ4v) is 5.40. The summed E-state index contributed by atoms with van der Waals surface area (Å²) in [7, 11) is -3.57. The van der Waals surface area contributed by atoms with E-state index in [0.29, 0.717) is 42.7 Å². The second-order valence-electron chi connectivity index (χ2n) is 7.15. The van der Waals surface area contributed by atoms with Crippen LogP contribution in [0.5, 0.6) is 0 Å². The first-order chi connectivity index (χ1) is 13.0. The van der Waals surface area contributed by atoms with E-state index in [4.69, 9.17) is 4.52 Å². The van der Waals surface area contributed by atoms with Crippen LogP contribution in [0, 0.1) is 5.92 Å². The number of benzene rings is 1. The van der Waals surface area contributed by atoms with Gasteiger partial charge < -0.3 is 14.7 Å². The summed E-state index contributed by atoms with van der Waals surface area (Å²) in [5.74, 6) is -0.401. The smallest absolute Gasteiger partial charge is 0.227 e. The SMILES string of the molecule is Cl.O=C(C1CCCN(S(=O)(=O)Cc2noc3ccccc23)C1)N1CCNCC1. The highest BCUT2D eigenvalue weighted by atomic mass is 35.5. The molecule has 1 amide bonds. The van der Waals surface area contributed by atoms with E-state index in [0.717, 1.165) is 19.5 Å². The lowest BCUT2D eigenvalue weighted by atomic mass is 9.98. The van der Waals surface area contributed by atoms with Crippen molar-refractivity contribution in [1.82, 2.24) is 19.7 Å². The quantitative estimate of drug-likeness (QED) is 0.786. The summed E-state index contributed by atoms with van der Waals surface area (Å²) >= 11 is 0. The molecule has 28 heavy (non-hydrogen) atoms. The van der Waals surface area contributed by atoms with Gasteiger partial charge in [-0.3, -0.25) is 4.79 Å². The van der Waals surface area contributed by atoms with Gasteiger partial charge in [0.15, 0.2) is 5.58 Å². The predicted molar refractivity (Wildman–Crippen MR) is 108 cm³/mol. The van der Waals surface area contributed by atoms with Crippen LogP contribution in [0.3, 0.4) is 0 Å².